The molecule has 0 atom stereocenters. The topological polar surface area (TPSA) is 82.8 Å². The number of rotatable bonds is 10. The van der Waals surface area contributed by atoms with E-state index in [0.29, 0.717) is 32.3 Å². The number of aliphatic hydroxyl groups excluding tert-OH is 1. The molecule has 0 aliphatic heterocycles. The molecule has 0 aliphatic rings. The van der Waals surface area contributed by atoms with Crippen LogP contribution in [0.5, 0.6) is 0 Å². The molecule has 1 aromatic heterocycles. The van der Waals surface area contributed by atoms with Gasteiger partial charge in [-0.15, -0.1) is 0 Å². The maximum Gasteiger partial charge on any atom is 0.326 e. The Labute approximate surface area is 134 Å². The minimum atomic E-state index is -0.392. The largest absolute Gasteiger partial charge is 0.462 e. The normalized spacial score (nSPS) is 11.0. The van der Waals surface area contributed by atoms with Gasteiger partial charge in [-0.3, -0.25) is 4.79 Å². The average Bonchev–Trinajstić information content (AvgIpc) is 2.92. The quantitative estimate of drug-likeness (QED) is 0.521. The number of fused-ring (bicyclic) bond motifs is 1. The van der Waals surface area contributed by atoms with E-state index in [1.54, 1.807) is 4.57 Å². The van der Waals surface area contributed by atoms with Crippen LogP contribution in [-0.2, 0) is 32.2 Å². The summed E-state index contributed by atoms with van der Waals surface area (Å²) < 4.78 is 17.2. The van der Waals surface area contributed by atoms with Crippen LogP contribution in [0, 0.1) is 0 Å². The molecule has 1 N–H and O–H groups in total. The molecule has 2 rings (SSSR count). The Bertz CT molecular complexity index is 626. The first-order valence-corrected chi connectivity index (χ1v) is 7.62. The summed E-state index contributed by atoms with van der Waals surface area (Å²) in [6.07, 6.45) is 0. The Kier molecular flexibility index (Phi) is 6.99. The van der Waals surface area contributed by atoms with Crippen molar-refractivity contribution >= 4 is 17.0 Å². The number of esters is 1. The summed E-state index contributed by atoms with van der Waals surface area (Å²) in [5, 5.41) is 9.38. The van der Waals surface area contributed by atoms with E-state index >= 15 is 0 Å². The number of ether oxygens (including phenoxy) is 3. The highest BCUT2D eigenvalue weighted by atomic mass is 16.6. The highest BCUT2D eigenvalue weighted by Gasteiger charge is 2.13. The molecule has 0 saturated carbocycles. The number of aliphatic hydroxyl groups is 1. The summed E-state index contributed by atoms with van der Waals surface area (Å²) in [7, 11) is 0. The second kappa shape index (κ2) is 9.24. The van der Waals surface area contributed by atoms with E-state index in [4.69, 9.17) is 14.2 Å². The van der Waals surface area contributed by atoms with Crippen LogP contribution >= 0.6 is 0 Å². The molecule has 0 fully saturated rings. The third-order valence-electron chi connectivity index (χ3n) is 3.23. The molecule has 0 spiro atoms. The van der Waals surface area contributed by atoms with Crippen molar-refractivity contribution in [1.29, 1.82) is 0 Å². The first-order valence-electron chi connectivity index (χ1n) is 7.62. The van der Waals surface area contributed by atoms with Gasteiger partial charge in [0.05, 0.1) is 30.9 Å². The summed E-state index contributed by atoms with van der Waals surface area (Å²) in [4.78, 5) is 16.2. The van der Waals surface area contributed by atoms with E-state index in [-0.39, 0.29) is 19.8 Å². The van der Waals surface area contributed by atoms with Gasteiger partial charge >= 0.3 is 5.97 Å². The van der Waals surface area contributed by atoms with Crippen molar-refractivity contribution in [2.75, 3.05) is 33.0 Å². The van der Waals surface area contributed by atoms with E-state index in [2.05, 4.69) is 4.98 Å². The molecule has 126 valence electrons. The highest BCUT2D eigenvalue weighted by molar-refractivity contribution is 5.78. The van der Waals surface area contributed by atoms with Crippen LogP contribution in [0.3, 0.4) is 0 Å². The Morgan fingerprint density at radius 1 is 1.17 bits per heavy atom. The number of hydrogen-bond donors (Lipinski definition) is 1. The zero-order valence-corrected chi connectivity index (χ0v) is 13.2. The fourth-order valence-corrected chi connectivity index (χ4v) is 2.18. The van der Waals surface area contributed by atoms with Gasteiger partial charge in [-0.25, -0.2) is 4.98 Å². The van der Waals surface area contributed by atoms with Gasteiger partial charge < -0.3 is 23.9 Å². The second-order valence-corrected chi connectivity index (χ2v) is 4.79. The molecular formula is C16H22N2O5. The highest BCUT2D eigenvalue weighted by Crippen LogP contribution is 2.16. The van der Waals surface area contributed by atoms with Crippen molar-refractivity contribution in [2.24, 2.45) is 0 Å². The van der Waals surface area contributed by atoms with Crippen LogP contribution < -0.4 is 0 Å². The summed E-state index contributed by atoms with van der Waals surface area (Å²) in [6.45, 7) is 3.88. The minimum absolute atomic E-state index is 0.00928. The molecule has 23 heavy (non-hydrogen) atoms. The monoisotopic (exact) mass is 322 g/mol. The van der Waals surface area contributed by atoms with Crippen LogP contribution in [0.25, 0.3) is 11.0 Å². The van der Waals surface area contributed by atoms with Crippen LogP contribution in [0.1, 0.15) is 12.7 Å². The van der Waals surface area contributed by atoms with Gasteiger partial charge in [0.2, 0.25) is 0 Å². The lowest BCUT2D eigenvalue weighted by Gasteiger charge is -2.09. The van der Waals surface area contributed by atoms with E-state index in [9.17, 15) is 9.90 Å². The molecule has 0 aliphatic carbocycles. The number of nitrogens with zero attached hydrogens (tertiary/aromatic N) is 2. The van der Waals surface area contributed by atoms with E-state index in [1.165, 1.54) is 0 Å². The molecule has 0 unspecified atom stereocenters. The molecule has 7 nitrogen and oxygen atoms in total. The second-order valence-electron chi connectivity index (χ2n) is 4.79. The Balaban J connectivity index is 1.81. The van der Waals surface area contributed by atoms with Crippen LogP contribution in [-0.4, -0.2) is 53.7 Å². The molecule has 0 bridgehead atoms. The summed E-state index contributed by atoms with van der Waals surface area (Å²) in [5.74, 6) is 0.0485. The van der Waals surface area contributed by atoms with Crippen molar-refractivity contribution in [3.05, 3.63) is 30.1 Å². The van der Waals surface area contributed by atoms with Gasteiger partial charge in [-0.05, 0) is 19.1 Å². The zero-order valence-electron chi connectivity index (χ0n) is 13.2. The number of hydrogen-bond acceptors (Lipinski definition) is 6. The first kappa shape index (κ1) is 17.4. The maximum atomic E-state index is 11.9. The summed E-state index contributed by atoms with van der Waals surface area (Å²) in [5.41, 5.74) is 1.53. The molecular weight excluding hydrogens is 300 g/mol. The number of aromatic nitrogens is 2. The number of para-hydroxylation sites is 2. The van der Waals surface area contributed by atoms with Gasteiger partial charge in [0, 0.05) is 6.61 Å². The number of benzene rings is 1. The molecule has 0 radical (unpaired) electrons. The number of carbonyl (C=O) groups is 1. The van der Waals surface area contributed by atoms with E-state index in [0.717, 1.165) is 11.0 Å². The van der Waals surface area contributed by atoms with Gasteiger partial charge in [0.25, 0.3) is 0 Å². The van der Waals surface area contributed by atoms with Crippen molar-refractivity contribution in [3.63, 3.8) is 0 Å². The SMILES string of the molecule is CCOCCOCCOC(=O)Cn1c(CO)nc2ccccc21. The fraction of sp³-hybridized carbons (Fsp3) is 0.500. The fourth-order valence-electron chi connectivity index (χ4n) is 2.18. The third kappa shape index (κ3) is 5.02. The molecule has 1 heterocycles. The molecule has 7 heteroatoms. The van der Waals surface area contributed by atoms with Gasteiger partial charge in [0.1, 0.15) is 25.6 Å². The summed E-state index contributed by atoms with van der Waals surface area (Å²) >= 11 is 0. The van der Waals surface area contributed by atoms with Gasteiger partial charge in [-0.1, -0.05) is 12.1 Å². The Morgan fingerprint density at radius 3 is 2.70 bits per heavy atom. The first-order chi connectivity index (χ1) is 11.3. The molecule has 0 amide bonds. The number of carbonyl (C=O) groups excluding carboxylic acids is 1. The maximum absolute atomic E-state index is 11.9. The lowest BCUT2D eigenvalue weighted by atomic mass is 10.3. The number of imidazole rings is 1. The average molecular weight is 322 g/mol. The van der Waals surface area contributed by atoms with Crippen molar-refractivity contribution in [1.82, 2.24) is 9.55 Å². The van der Waals surface area contributed by atoms with Crippen LogP contribution in [0.15, 0.2) is 24.3 Å². The zero-order chi connectivity index (χ0) is 16.5. The smallest absolute Gasteiger partial charge is 0.326 e. The molecule has 2 aromatic rings. The predicted molar refractivity (Wildman–Crippen MR) is 83.9 cm³/mol. The minimum Gasteiger partial charge on any atom is -0.462 e. The predicted octanol–water partition coefficient (Wildman–Crippen LogP) is 1.12. The lowest BCUT2D eigenvalue weighted by Crippen LogP contribution is -2.18. The third-order valence-corrected chi connectivity index (χ3v) is 3.23. The van der Waals surface area contributed by atoms with Crippen molar-refractivity contribution < 1.29 is 24.1 Å². The Morgan fingerprint density at radius 2 is 1.91 bits per heavy atom. The summed E-state index contributed by atoms with van der Waals surface area (Å²) in [6, 6.07) is 7.41. The van der Waals surface area contributed by atoms with E-state index in [1.807, 2.05) is 31.2 Å². The van der Waals surface area contributed by atoms with Crippen LogP contribution in [0.4, 0.5) is 0 Å². The van der Waals surface area contributed by atoms with Crippen LogP contribution in [0.2, 0.25) is 0 Å². The molecule has 1 aromatic carbocycles. The van der Waals surface area contributed by atoms with Crippen molar-refractivity contribution in [2.45, 2.75) is 20.1 Å². The van der Waals surface area contributed by atoms with E-state index < -0.39 is 5.97 Å². The van der Waals surface area contributed by atoms with Gasteiger partial charge in [-0.2, -0.15) is 0 Å². The standard InChI is InChI=1S/C16H22N2O5/c1-2-21-7-8-22-9-10-23-16(20)11-18-14-6-4-3-5-13(14)17-15(18)12-19/h3-6,19H,2,7-12H2,1H3. The Hall–Kier alpha value is -1.96. The molecule has 0 saturated heterocycles. The van der Waals surface area contributed by atoms with Gasteiger partial charge in [0.15, 0.2) is 0 Å². The van der Waals surface area contributed by atoms with Crippen molar-refractivity contribution in [3.8, 4) is 0 Å². The lowest BCUT2D eigenvalue weighted by molar-refractivity contribution is -0.146.